The summed E-state index contributed by atoms with van der Waals surface area (Å²) in [5.74, 6) is 0.445. The Bertz CT molecular complexity index is 685. The minimum Gasteiger partial charge on any atom is -0.393 e. The monoisotopic (exact) mass is 307 g/mol. The van der Waals surface area contributed by atoms with Gasteiger partial charge in [0.15, 0.2) is 0 Å². The summed E-state index contributed by atoms with van der Waals surface area (Å²) in [5, 5.41) is 0.664. The molecule has 0 aliphatic carbocycles. The number of nitrogens with zero attached hydrogens (tertiary/aromatic N) is 2. The molecule has 0 spiro atoms. The molecule has 0 bridgehead atoms. The number of halogens is 1. The molecule has 0 unspecified atom stereocenters. The molecule has 114 valence electrons. The zero-order valence-electron chi connectivity index (χ0n) is 12.8. The van der Waals surface area contributed by atoms with E-state index in [0.29, 0.717) is 29.7 Å². The van der Waals surface area contributed by atoms with Gasteiger partial charge in [0, 0.05) is 11.6 Å². The van der Waals surface area contributed by atoms with Gasteiger partial charge >= 0.3 is 0 Å². The standard InChI is InChI=1S/C16H22ClN3O/c1-4-19-14(9-11(2)3)15(18)16(21)20(19)10-12-7-5-6-8-13(12)17/h5-8,11H,4,9-10,18H2,1-3H3. The lowest BCUT2D eigenvalue weighted by Gasteiger charge is -2.14. The quantitative estimate of drug-likeness (QED) is 0.922. The maximum absolute atomic E-state index is 12.4. The Hall–Kier alpha value is -1.68. The maximum atomic E-state index is 12.4. The van der Waals surface area contributed by atoms with Crippen LogP contribution in [0.4, 0.5) is 5.69 Å². The molecule has 0 saturated carbocycles. The van der Waals surface area contributed by atoms with E-state index in [9.17, 15) is 4.79 Å². The topological polar surface area (TPSA) is 52.9 Å². The van der Waals surface area contributed by atoms with E-state index >= 15 is 0 Å². The van der Waals surface area contributed by atoms with Crippen LogP contribution in [-0.2, 0) is 19.5 Å². The molecule has 2 N–H and O–H groups in total. The van der Waals surface area contributed by atoms with Crippen molar-refractivity contribution in [2.24, 2.45) is 5.92 Å². The SMILES string of the molecule is CCn1c(CC(C)C)c(N)c(=O)n1Cc1ccccc1Cl. The predicted molar refractivity (Wildman–Crippen MR) is 87.9 cm³/mol. The average Bonchev–Trinajstić information content (AvgIpc) is 2.65. The van der Waals surface area contributed by atoms with Crippen molar-refractivity contribution in [2.45, 2.75) is 40.3 Å². The summed E-state index contributed by atoms with van der Waals surface area (Å²) in [6, 6.07) is 7.56. The summed E-state index contributed by atoms with van der Waals surface area (Å²) in [6.45, 7) is 7.41. The summed E-state index contributed by atoms with van der Waals surface area (Å²) in [6.07, 6.45) is 0.796. The molecule has 4 nitrogen and oxygen atoms in total. The number of hydrogen-bond donors (Lipinski definition) is 1. The normalized spacial score (nSPS) is 11.3. The van der Waals surface area contributed by atoms with Crippen LogP contribution < -0.4 is 11.3 Å². The summed E-state index contributed by atoms with van der Waals surface area (Å²) < 4.78 is 3.66. The molecule has 2 rings (SSSR count). The van der Waals surface area contributed by atoms with Crippen molar-refractivity contribution in [2.75, 3.05) is 5.73 Å². The van der Waals surface area contributed by atoms with Crippen molar-refractivity contribution in [3.63, 3.8) is 0 Å². The Morgan fingerprint density at radius 1 is 1.24 bits per heavy atom. The lowest BCUT2D eigenvalue weighted by Crippen LogP contribution is -2.24. The molecule has 0 fully saturated rings. The number of rotatable bonds is 5. The molecule has 0 radical (unpaired) electrons. The van der Waals surface area contributed by atoms with Crippen molar-refractivity contribution in [3.05, 3.63) is 50.9 Å². The first-order chi connectivity index (χ1) is 9.95. The number of hydrogen-bond acceptors (Lipinski definition) is 2. The van der Waals surface area contributed by atoms with E-state index in [0.717, 1.165) is 17.7 Å². The molecule has 1 aromatic heterocycles. The third-order valence-corrected chi connectivity index (χ3v) is 3.93. The van der Waals surface area contributed by atoms with Gasteiger partial charge in [0.05, 0.1) is 12.2 Å². The van der Waals surface area contributed by atoms with Crippen LogP contribution in [0.25, 0.3) is 0 Å². The fraction of sp³-hybridized carbons (Fsp3) is 0.438. The van der Waals surface area contributed by atoms with Crippen molar-refractivity contribution in [1.29, 1.82) is 0 Å². The van der Waals surface area contributed by atoms with Gasteiger partial charge in [-0.25, -0.2) is 4.68 Å². The van der Waals surface area contributed by atoms with Gasteiger partial charge in [-0.3, -0.25) is 9.48 Å². The Morgan fingerprint density at radius 2 is 1.90 bits per heavy atom. The number of aromatic nitrogens is 2. The van der Waals surface area contributed by atoms with Crippen molar-refractivity contribution >= 4 is 17.3 Å². The molecular formula is C16H22ClN3O. The van der Waals surface area contributed by atoms with E-state index < -0.39 is 0 Å². The molecular weight excluding hydrogens is 286 g/mol. The van der Waals surface area contributed by atoms with Gasteiger partial charge in [-0.1, -0.05) is 43.6 Å². The Kier molecular flexibility index (Phi) is 4.78. The maximum Gasteiger partial charge on any atom is 0.290 e. The second kappa shape index (κ2) is 6.39. The van der Waals surface area contributed by atoms with Gasteiger partial charge < -0.3 is 5.73 Å². The minimum absolute atomic E-state index is 0.132. The molecule has 5 heteroatoms. The van der Waals surface area contributed by atoms with Crippen LogP contribution in [0.3, 0.4) is 0 Å². The average molecular weight is 308 g/mol. The second-order valence-corrected chi connectivity index (χ2v) is 6.04. The van der Waals surface area contributed by atoms with Gasteiger partial charge in [0.1, 0.15) is 5.69 Å². The largest absolute Gasteiger partial charge is 0.393 e. The van der Waals surface area contributed by atoms with Crippen LogP contribution in [-0.4, -0.2) is 9.36 Å². The van der Waals surface area contributed by atoms with Crippen LogP contribution in [0.5, 0.6) is 0 Å². The van der Waals surface area contributed by atoms with E-state index in [1.165, 1.54) is 0 Å². The third-order valence-electron chi connectivity index (χ3n) is 3.56. The first-order valence-corrected chi connectivity index (χ1v) is 7.64. The molecule has 0 atom stereocenters. The Balaban J connectivity index is 2.49. The van der Waals surface area contributed by atoms with E-state index in [4.69, 9.17) is 17.3 Å². The van der Waals surface area contributed by atoms with Crippen molar-refractivity contribution in [1.82, 2.24) is 9.36 Å². The van der Waals surface area contributed by atoms with Crippen molar-refractivity contribution < 1.29 is 0 Å². The van der Waals surface area contributed by atoms with E-state index in [1.54, 1.807) is 4.68 Å². The lowest BCUT2D eigenvalue weighted by atomic mass is 10.1. The molecule has 0 aliphatic rings. The highest BCUT2D eigenvalue weighted by Crippen LogP contribution is 2.19. The van der Waals surface area contributed by atoms with Crippen LogP contribution >= 0.6 is 11.6 Å². The molecule has 21 heavy (non-hydrogen) atoms. The van der Waals surface area contributed by atoms with Crippen molar-refractivity contribution in [3.8, 4) is 0 Å². The smallest absolute Gasteiger partial charge is 0.290 e. The zero-order valence-corrected chi connectivity index (χ0v) is 13.5. The predicted octanol–water partition coefficient (Wildman–Crippen LogP) is 3.15. The number of nitrogens with two attached hydrogens (primary N) is 1. The zero-order chi connectivity index (χ0) is 15.6. The molecule has 0 aliphatic heterocycles. The highest BCUT2D eigenvalue weighted by atomic mass is 35.5. The summed E-state index contributed by atoms with van der Waals surface area (Å²) in [5.41, 5.74) is 8.10. The molecule has 2 aromatic rings. The number of nitrogen functional groups attached to an aromatic ring is 1. The molecule has 0 amide bonds. The van der Waals surface area contributed by atoms with Crippen LogP contribution in [0.15, 0.2) is 29.1 Å². The number of benzene rings is 1. The fourth-order valence-electron chi connectivity index (χ4n) is 2.57. The first kappa shape index (κ1) is 15.7. The van der Waals surface area contributed by atoms with Gasteiger partial charge in [0.25, 0.3) is 5.56 Å². The fourth-order valence-corrected chi connectivity index (χ4v) is 2.76. The van der Waals surface area contributed by atoms with Crippen LogP contribution in [0, 0.1) is 5.92 Å². The molecule has 1 aromatic carbocycles. The third kappa shape index (κ3) is 3.16. The van der Waals surface area contributed by atoms with Gasteiger partial charge in [-0.15, -0.1) is 0 Å². The van der Waals surface area contributed by atoms with Crippen LogP contribution in [0.2, 0.25) is 5.02 Å². The highest BCUT2D eigenvalue weighted by Gasteiger charge is 2.18. The first-order valence-electron chi connectivity index (χ1n) is 7.27. The van der Waals surface area contributed by atoms with E-state index in [1.807, 2.05) is 35.9 Å². The van der Waals surface area contributed by atoms with E-state index in [2.05, 4.69) is 13.8 Å². The highest BCUT2D eigenvalue weighted by molar-refractivity contribution is 6.31. The van der Waals surface area contributed by atoms with Gasteiger partial charge in [-0.05, 0) is 30.9 Å². The second-order valence-electron chi connectivity index (χ2n) is 5.63. The summed E-state index contributed by atoms with van der Waals surface area (Å²) in [4.78, 5) is 12.4. The summed E-state index contributed by atoms with van der Waals surface area (Å²) >= 11 is 6.20. The van der Waals surface area contributed by atoms with Crippen LogP contribution in [0.1, 0.15) is 32.0 Å². The number of anilines is 1. The minimum atomic E-state index is -0.132. The van der Waals surface area contributed by atoms with Gasteiger partial charge in [0.2, 0.25) is 0 Å². The molecule has 1 heterocycles. The Labute approximate surface area is 130 Å². The Morgan fingerprint density at radius 3 is 2.48 bits per heavy atom. The summed E-state index contributed by atoms with van der Waals surface area (Å²) in [7, 11) is 0. The molecule has 0 saturated heterocycles. The van der Waals surface area contributed by atoms with Gasteiger partial charge in [-0.2, -0.15) is 0 Å². The lowest BCUT2D eigenvalue weighted by molar-refractivity contribution is 0.460. The van der Waals surface area contributed by atoms with E-state index in [-0.39, 0.29) is 5.56 Å².